The number of fused-ring (bicyclic) bond motifs is 1. The Kier molecular flexibility index (Phi) is 2.96. The molecule has 0 unspecified atom stereocenters. The average Bonchev–Trinajstić information content (AvgIpc) is 2.77. The van der Waals surface area contributed by atoms with Gasteiger partial charge in [-0.2, -0.15) is 0 Å². The minimum absolute atomic E-state index is 0.118. The molecule has 0 amide bonds. The van der Waals surface area contributed by atoms with Crippen LogP contribution >= 0.6 is 11.3 Å². The fourth-order valence-corrected chi connectivity index (χ4v) is 3.15. The lowest BCUT2D eigenvalue weighted by Crippen LogP contribution is -1.98. The first-order chi connectivity index (χ1) is 9.15. The third-order valence-corrected chi connectivity index (χ3v) is 4.55. The number of benzene rings is 2. The molecule has 0 radical (unpaired) electrons. The van der Waals surface area contributed by atoms with Crippen LogP contribution in [0.25, 0.3) is 10.8 Å². The van der Waals surface area contributed by atoms with Gasteiger partial charge < -0.3 is 0 Å². The largest absolute Gasteiger partial charge is 0.288 e. The number of carbonyl (C=O) groups is 1. The van der Waals surface area contributed by atoms with E-state index < -0.39 is 0 Å². The van der Waals surface area contributed by atoms with Crippen molar-refractivity contribution in [2.24, 2.45) is 0 Å². The average molecular weight is 266 g/mol. The molecule has 3 rings (SSSR count). The van der Waals surface area contributed by atoms with E-state index in [-0.39, 0.29) is 5.78 Å². The second-order valence-electron chi connectivity index (χ2n) is 4.74. The first kappa shape index (κ1) is 12.1. The Morgan fingerprint density at radius 2 is 1.68 bits per heavy atom. The first-order valence-corrected chi connectivity index (χ1v) is 7.07. The molecule has 94 valence electrons. The molecule has 0 N–H and O–H groups in total. The summed E-state index contributed by atoms with van der Waals surface area (Å²) < 4.78 is 0. The van der Waals surface area contributed by atoms with Crippen LogP contribution in [0.3, 0.4) is 0 Å². The highest BCUT2D eigenvalue weighted by Crippen LogP contribution is 2.24. The number of aryl methyl sites for hydroxylation is 2. The normalized spacial score (nSPS) is 10.8. The van der Waals surface area contributed by atoms with Gasteiger partial charge >= 0.3 is 0 Å². The molecule has 0 spiro atoms. The van der Waals surface area contributed by atoms with Crippen molar-refractivity contribution in [2.45, 2.75) is 13.8 Å². The molecule has 0 aliphatic heterocycles. The topological polar surface area (TPSA) is 17.1 Å². The maximum Gasteiger partial charge on any atom is 0.202 e. The van der Waals surface area contributed by atoms with Gasteiger partial charge in [-0.25, -0.2) is 0 Å². The predicted molar refractivity (Wildman–Crippen MR) is 81.2 cm³/mol. The Morgan fingerprint density at radius 3 is 2.37 bits per heavy atom. The molecule has 1 aromatic heterocycles. The summed E-state index contributed by atoms with van der Waals surface area (Å²) in [6, 6.07) is 16.0. The highest BCUT2D eigenvalue weighted by molar-refractivity contribution is 7.14. The van der Waals surface area contributed by atoms with Gasteiger partial charge in [0.2, 0.25) is 5.78 Å². The van der Waals surface area contributed by atoms with Crippen LogP contribution in [0, 0.1) is 13.8 Å². The Morgan fingerprint density at radius 1 is 0.947 bits per heavy atom. The van der Waals surface area contributed by atoms with E-state index in [9.17, 15) is 4.79 Å². The van der Waals surface area contributed by atoms with Crippen molar-refractivity contribution in [3.63, 3.8) is 0 Å². The standard InChI is InChI=1S/C17H14OS/c1-11-9-16(19-12(11)2)17(18)15-8-7-13-5-3-4-6-14(13)10-15/h3-10H,1-2H3. The van der Waals surface area contributed by atoms with Crippen LogP contribution in [-0.4, -0.2) is 5.78 Å². The van der Waals surface area contributed by atoms with Crippen LogP contribution in [0.2, 0.25) is 0 Å². The van der Waals surface area contributed by atoms with Gasteiger partial charge in [0.15, 0.2) is 0 Å². The molecule has 2 heteroatoms. The summed E-state index contributed by atoms with van der Waals surface area (Å²) in [5, 5.41) is 2.27. The molecular weight excluding hydrogens is 252 g/mol. The Balaban J connectivity index is 2.06. The van der Waals surface area contributed by atoms with Crippen molar-refractivity contribution in [3.05, 3.63) is 69.4 Å². The van der Waals surface area contributed by atoms with Gasteiger partial charge in [0.25, 0.3) is 0 Å². The number of ketones is 1. The lowest BCUT2D eigenvalue weighted by atomic mass is 10.0. The molecule has 0 bridgehead atoms. The van der Waals surface area contributed by atoms with Gasteiger partial charge in [0.1, 0.15) is 0 Å². The van der Waals surface area contributed by atoms with Crippen LogP contribution in [0.1, 0.15) is 25.7 Å². The van der Waals surface area contributed by atoms with Crippen molar-refractivity contribution in [1.29, 1.82) is 0 Å². The van der Waals surface area contributed by atoms with E-state index in [2.05, 4.69) is 13.0 Å². The summed E-state index contributed by atoms with van der Waals surface area (Å²) in [6.45, 7) is 4.10. The minimum Gasteiger partial charge on any atom is -0.288 e. The molecule has 0 aliphatic rings. The fourth-order valence-electron chi connectivity index (χ4n) is 2.16. The summed E-state index contributed by atoms with van der Waals surface area (Å²) in [6.07, 6.45) is 0. The molecular formula is C17H14OS. The number of hydrogen-bond donors (Lipinski definition) is 0. The molecule has 3 aromatic rings. The molecule has 1 nitrogen and oxygen atoms in total. The Bertz CT molecular complexity index is 748. The van der Waals surface area contributed by atoms with E-state index in [0.717, 1.165) is 21.2 Å². The zero-order valence-corrected chi connectivity index (χ0v) is 11.8. The van der Waals surface area contributed by atoms with Crippen molar-refractivity contribution < 1.29 is 4.79 Å². The van der Waals surface area contributed by atoms with Crippen LogP contribution in [0.4, 0.5) is 0 Å². The van der Waals surface area contributed by atoms with Gasteiger partial charge in [-0.05, 0) is 42.3 Å². The van der Waals surface area contributed by atoms with Crippen molar-refractivity contribution in [1.82, 2.24) is 0 Å². The van der Waals surface area contributed by atoms with Crippen LogP contribution in [0.15, 0.2) is 48.5 Å². The van der Waals surface area contributed by atoms with E-state index in [0.29, 0.717) is 0 Å². The zero-order chi connectivity index (χ0) is 13.4. The van der Waals surface area contributed by atoms with E-state index in [1.807, 2.05) is 49.4 Å². The summed E-state index contributed by atoms with van der Waals surface area (Å²) in [4.78, 5) is 14.5. The molecule has 0 saturated carbocycles. The molecule has 0 aliphatic carbocycles. The highest BCUT2D eigenvalue weighted by atomic mass is 32.1. The third kappa shape index (κ3) is 2.20. The lowest BCUT2D eigenvalue weighted by molar-refractivity contribution is 0.104. The summed E-state index contributed by atoms with van der Waals surface area (Å²) in [5.41, 5.74) is 1.95. The molecule has 0 saturated heterocycles. The molecule has 0 fully saturated rings. The Labute approximate surface area is 116 Å². The van der Waals surface area contributed by atoms with Crippen molar-refractivity contribution in [3.8, 4) is 0 Å². The summed E-state index contributed by atoms with van der Waals surface area (Å²) in [7, 11) is 0. The first-order valence-electron chi connectivity index (χ1n) is 6.26. The number of thiophene rings is 1. The van der Waals surface area contributed by atoms with Gasteiger partial charge in [0, 0.05) is 10.4 Å². The minimum atomic E-state index is 0.118. The second kappa shape index (κ2) is 4.63. The Hall–Kier alpha value is -1.93. The van der Waals surface area contributed by atoms with Gasteiger partial charge in [0.05, 0.1) is 4.88 Å². The number of carbonyl (C=O) groups excluding carboxylic acids is 1. The van der Waals surface area contributed by atoms with Gasteiger partial charge in [-0.3, -0.25) is 4.79 Å². The van der Waals surface area contributed by atoms with Gasteiger partial charge in [-0.15, -0.1) is 11.3 Å². The smallest absolute Gasteiger partial charge is 0.202 e. The van der Waals surface area contributed by atoms with Crippen LogP contribution < -0.4 is 0 Å². The SMILES string of the molecule is Cc1cc(C(=O)c2ccc3ccccc3c2)sc1C. The second-order valence-corrected chi connectivity index (χ2v) is 6.00. The quantitative estimate of drug-likeness (QED) is 0.612. The maximum absolute atomic E-state index is 12.5. The third-order valence-electron chi connectivity index (χ3n) is 3.40. The fraction of sp³-hybridized carbons (Fsp3) is 0.118. The van der Waals surface area contributed by atoms with Crippen LogP contribution in [-0.2, 0) is 0 Å². The number of hydrogen-bond acceptors (Lipinski definition) is 2. The van der Waals surface area contributed by atoms with E-state index in [1.165, 1.54) is 10.4 Å². The monoisotopic (exact) mass is 266 g/mol. The van der Waals surface area contributed by atoms with Crippen LogP contribution in [0.5, 0.6) is 0 Å². The lowest BCUT2D eigenvalue weighted by Gasteiger charge is -2.01. The van der Waals surface area contributed by atoms with Crippen molar-refractivity contribution >= 4 is 27.9 Å². The predicted octanol–water partition coefficient (Wildman–Crippen LogP) is 4.75. The van der Waals surface area contributed by atoms with E-state index >= 15 is 0 Å². The molecule has 0 atom stereocenters. The highest BCUT2D eigenvalue weighted by Gasteiger charge is 2.13. The van der Waals surface area contributed by atoms with Gasteiger partial charge in [-0.1, -0.05) is 36.4 Å². The maximum atomic E-state index is 12.5. The zero-order valence-electron chi connectivity index (χ0n) is 10.9. The van der Waals surface area contributed by atoms with E-state index in [4.69, 9.17) is 0 Å². The molecule has 1 heterocycles. The summed E-state index contributed by atoms with van der Waals surface area (Å²) >= 11 is 1.57. The van der Waals surface area contributed by atoms with Crippen molar-refractivity contribution in [2.75, 3.05) is 0 Å². The summed E-state index contributed by atoms with van der Waals surface area (Å²) in [5.74, 6) is 0.118. The molecule has 19 heavy (non-hydrogen) atoms. The number of rotatable bonds is 2. The van der Waals surface area contributed by atoms with E-state index in [1.54, 1.807) is 11.3 Å². The molecule has 2 aromatic carbocycles.